The van der Waals surface area contributed by atoms with Crippen LogP contribution in [0.15, 0.2) is 42.6 Å². The first-order chi connectivity index (χ1) is 15.5. The number of benzene rings is 1. The average molecular weight is 435 g/mol. The van der Waals surface area contributed by atoms with E-state index in [0.29, 0.717) is 48.1 Å². The number of nitrogens with zero attached hydrogens (tertiary/aromatic N) is 1. The Morgan fingerprint density at radius 2 is 2.09 bits per heavy atom. The Labute approximate surface area is 189 Å². The predicted molar refractivity (Wildman–Crippen MR) is 122 cm³/mol. The number of carbonyl (C=O) groups is 2. The van der Waals surface area contributed by atoms with E-state index < -0.39 is 0 Å². The molecule has 0 aliphatic heterocycles. The molecule has 0 bridgehead atoms. The van der Waals surface area contributed by atoms with Crippen molar-refractivity contribution in [1.82, 2.24) is 4.98 Å². The van der Waals surface area contributed by atoms with E-state index in [0.717, 1.165) is 44.1 Å². The summed E-state index contributed by atoms with van der Waals surface area (Å²) >= 11 is 0. The quantitative estimate of drug-likeness (QED) is 0.658. The molecule has 2 fully saturated rings. The van der Waals surface area contributed by atoms with Crippen molar-refractivity contribution in [2.75, 3.05) is 5.32 Å². The van der Waals surface area contributed by atoms with E-state index in [4.69, 9.17) is 0 Å². The molecule has 32 heavy (non-hydrogen) atoms. The molecule has 1 N–H and O–H groups in total. The average Bonchev–Trinajstić information content (AvgIpc) is 3.04. The number of carbonyl (C=O) groups excluding carboxylic acids is 2. The second-order valence-corrected chi connectivity index (χ2v) is 10.1. The van der Waals surface area contributed by atoms with Crippen LogP contribution in [0.4, 0.5) is 10.2 Å². The fourth-order valence-electron chi connectivity index (χ4n) is 7.07. The van der Waals surface area contributed by atoms with Crippen molar-refractivity contribution < 1.29 is 14.0 Å². The predicted octanol–water partition coefficient (Wildman–Crippen LogP) is 5.68. The zero-order valence-electron chi connectivity index (χ0n) is 18.6. The summed E-state index contributed by atoms with van der Waals surface area (Å²) in [6, 6.07) is 11.0. The van der Waals surface area contributed by atoms with Crippen molar-refractivity contribution in [2.45, 2.75) is 64.2 Å². The highest BCUT2D eigenvalue weighted by Gasteiger charge is 2.58. The molecule has 5 atom stereocenters. The third-order valence-corrected chi connectivity index (χ3v) is 8.47. The van der Waals surface area contributed by atoms with Gasteiger partial charge in [-0.2, -0.15) is 0 Å². The Hall–Kier alpha value is -2.56. The molecule has 1 heterocycles. The lowest BCUT2D eigenvalue weighted by molar-refractivity contribution is -0.129. The van der Waals surface area contributed by atoms with Crippen LogP contribution in [-0.4, -0.2) is 16.7 Å². The Balaban J connectivity index is 1.28. The van der Waals surface area contributed by atoms with Gasteiger partial charge >= 0.3 is 0 Å². The zero-order valence-corrected chi connectivity index (χ0v) is 18.6. The number of Topliss-reactive ketones (excluding diaryl/α,β-unsaturated/α-hetero) is 1. The first-order valence-corrected chi connectivity index (χ1v) is 12.0. The van der Waals surface area contributed by atoms with Crippen LogP contribution >= 0.6 is 0 Å². The molecule has 5 heteroatoms. The lowest BCUT2D eigenvalue weighted by Gasteiger charge is -2.50. The number of halogens is 1. The lowest BCUT2D eigenvalue weighted by atomic mass is 9.54. The SMILES string of the molecule is C[C@]12CCC3c4cccc(F)c4CCC3C1[C@H](CCCC(=O)Nc1ccccn1)CC2=O. The molecule has 4 nitrogen and oxygen atoms in total. The molecule has 2 aromatic rings. The Morgan fingerprint density at radius 3 is 2.91 bits per heavy atom. The van der Waals surface area contributed by atoms with Crippen LogP contribution in [0.25, 0.3) is 0 Å². The maximum atomic E-state index is 14.4. The number of ketones is 1. The van der Waals surface area contributed by atoms with Crippen molar-refractivity contribution in [2.24, 2.45) is 23.2 Å². The van der Waals surface area contributed by atoms with E-state index in [1.54, 1.807) is 18.3 Å². The highest BCUT2D eigenvalue weighted by atomic mass is 19.1. The Morgan fingerprint density at radius 1 is 1.22 bits per heavy atom. The fraction of sp³-hybridized carbons (Fsp3) is 0.519. The first-order valence-electron chi connectivity index (χ1n) is 12.0. The number of aromatic nitrogens is 1. The summed E-state index contributed by atoms with van der Waals surface area (Å²) in [5, 5.41) is 2.85. The van der Waals surface area contributed by atoms with Gasteiger partial charge in [-0.05, 0) is 91.5 Å². The molecule has 2 saturated carbocycles. The standard InChI is InChI=1S/C27H31FN2O2/c1-27-14-13-19-18-7-5-8-22(28)20(18)11-12-21(19)26(27)17(16-23(27)31)6-4-10-25(32)30-24-9-2-3-15-29-24/h2-3,5,7-9,15,17,19,21,26H,4,6,10-14,16H2,1H3,(H,29,30,32)/t17-,19?,21?,26?,27-/m1/s1. The second-order valence-electron chi connectivity index (χ2n) is 10.1. The van der Waals surface area contributed by atoms with Gasteiger partial charge in [0.1, 0.15) is 17.4 Å². The van der Waals surface area contributed by atoms with Gasteiger partial charge in [0.25, 0.3) is 0 Å². The van der Waals surface area contributed by atoms with Crippen molar-refractivity contribution in [1.29, 1.82) is 0 Å². The van der Waals surface area contributed by atoms with Crippen LogP contribution in [-0.2, 0) is 16.0 Å². The normalized spacial score (nSPS) is 30.9. The molecule has 0 saturated heterocycles. The molecule has 3 aliphatic carbocycles. The third kappa shape index (κ3) is 3.66. The number of hydrogen-bond acceptors (Lipinski definition) is 3. The van der Waals surface area contributed by atoms with Gasteiger partial charge in [0.05, 0.1) is 0 Å². The van der Waals surface area contributed by atoms with Gasteiger partial charge < -0.3 is 5.32 Å². The van der Waals surface area contributed by atoms with Gasteiger partial charge in [-0.25, -0.2) is 9.37 Å². The van der Waals surface area contributed by atoms with E-state index in [1.165, 1.54) is 5.56 Å². The van der Waals surface area contributed by atoms with Crippen molar-refractivity contribution >= 4 is 17.5 Å². The fourth-order valence-corrected chi connectivity index (χ4v) is 7.07. The van der Waals surface area contributed by atoms with E-state index in [1.807, 2.05) is 18.2 Å². The maximum Gasteiger partial charge on any atom is 0.225 e. The van der Waals surface area contributed by atoms with Crippen LogP contribution < -0.4 is 5.32 Å². The monoisotopic (exact) mass is 434 g/mol. The van der Waals surface area contributed by atoms with Gasteiger partial charge in [-0.1, -0.05) is 25.1 Å². The highest BCUT2D eigenvalue weighted by molar-refractivity contribution is 5.89. The van der Waals surface area contributed by atoms with Crippen LogP contribution in [0.1, 0.15) is 68.9 Å². The first kappa shape index (κ1) is 21.3. The van der Waals surface area contributed by atoms with E-state index >= 15 is 0 Å². The summed E-state index contributed by atoms with van der Waals surface area (Å²) in [5.74, 6) is 2.31. The minimum atomic E-state index is -0.257. The zero-order chi connectivity index (χ0) is 22.3. The smallest absolute Gasteiger partial charge is 0.225 e. The number of rotatable bonds is 5. The minimum absolute atomic E-state index is 0.0284. The summed E-state index contributed by atoms with van der Waals surface area (Å²) in [5.41, 5.74) is 1.81. The van der Waals surface area contributed by atoms with Crippen molar-refractivity contribution in [3.63, 3.8) is 0 Å². The summed E-state index contributed by atoms with van der Waals surface area (Å²) < 4.78 is 14.4. The summed E-state index contributed by atoms with van der Waals surface area (Å²) in [7, 11) is 0. The third-order valence-electron chi connectivity index (χ3n) is 8.47. The van der Waals surface area contributed by atoms with Crippen LogP contribution in [0, 0.1) is 29.0 Å². The molecule has 1 amide bonds. The molecule has 1 aromatic heterocycles. The Kier molecular flexibility index (Phi) is 5.60. The molecular formula is C27H31FN2O2. The maximum absolute atomic E-state index is 14.4. The second kappa shape index (κ2) is 8.42. The number of hydrogen-bond donors (Lipinski definition) is 1. The van der Waals surface area contributed by atoms with Gasteiger partial charge in [0.15, 0.2) is 0 Å². The molecule has 5 rings (SSSR count). The van der Waals surface area contributed by atoms with Crippen LogP contribution in [0.5, 0.6) is 0 Å². The minimum Gasteiger partial charge on any atom is -0.311 e. The number of pyridine rings is 1. The highest BCUT2D eigenvalue weighted by Crippen LogP contribution is 2.62. The summed E-state index contributed by atoms with van der Waals surface area (Å²) in [4.78, 5) is 29.6. The van der Waals surface area contributed by atoms with E-state index in [-0.39, 0.29) is 17.1 Å². The molecule has 3 aliphatic rings. The molecule has 1 aromatic carbocycles. The largest absolute Gasteiger partial charge is 0.311 e. The van der Waals surface area contributed by atoms with E-state index in [9.17, 15) is 14.0 Å². The molecular weight excluding hydrogens is 403 g/mol. The van der Waals surface area contributed by atoms with Crippen molar-refractivity contribution in [3.05, 3.63) is 59.5 Å². The van der Waals surface area contributed by atoms with E-state index in [2.05, 4.69) is 23.3 Å². The molecule has 0 spiro atoms. The van der Waals surface area contributed by atoms with Crippen LogP contribution in [0.2, 0.25) is 0 Å². The van der Waals surface area contributed by atoms with Gasteiger partial charge in [-0.15, -0.1) is 0 Å². The van der Waals surface area contributed by atoms with Gasteiger partial charge in [-0.3, -0.25) is 9.59 Å². The molecule has 168 valence electrons. The molecule has 3 unspecified atom stereocenters. The van der Waals surface area contributed by atoms with Crippen molar-refractivity contribution in [3.8, 4) is 0 Å². The Bertz CT molecular complexity index is 1020. The topological polar surface area (TPSA) is 59.1 Å². The summed E-state index contributed by atoms with van der Waals surface area (Å²) in [6.07, 6.45) is 7.98. The summed E-state index contributed by atoms with van der Waals surface area (Å²) in [6.45, 7) is 2.17. The molecule has 0 radical (unpaired) electrons. The van der Waals surface area contributed by atoms with Gasteiger partial charge in [0, 0.05) is 24.5 Å². The number of fused-ring (bicyclic) bond motifs is 5. The van der Waals surface area contributed by atoms with Crippen LogP contribution in [0.3, 0.4) is 0 Å². The lowest BCUT2D eigenvalue weighted by Crippen LogP contribution is -2.44. The number of anilines is 1. The number of amides is 1. The van der Waals surface area contributed by atoms with Gasteiger partial charge in [0.2, 0.25) is 5.91 Å². The number of nitrogens with one attached hydrogen (secondary N) is 1.